The van der Waals surface area contributed by atoms with Gasteiger partial charge in [0.25, 0.3) is 0 Å². The van der Waals surface area contributed by atoms with Gasteiger partial charge >= 0.3 is 0 Å². The van der Waals surface area contributed by atoms with Crippen molar-refractivity contribution in [2.24, 2.45) is 5.92 Å². The summed E-state index contributed by atoms with van der Waals surface area (Å²) in [4.78, 5) is 28.9. The fourth-order valence-corrected chi connectivity index (χ4v) is 3.07. The van der Waals surface area contributed by atoms with Gasteiger partial charge in [0.05, 0.1) is 11.0 Å². The molecule has 0 aliphatic rings. The molecule has 0 spiro atoms. The first-order valence-electron chi connectivity index (χ1n) is 9.71. The van der Waals surface area contributed by atoms with E-state index in [9.17, 15) is 14.0 Å². The molecule has 3 rings (SSSR count). The number of anilines is 1. The third-order valence-electron chi connectivity index (χ3n) is 4.54. The Morgan fingerprint density at radius 1 is 1.14 bits per heavy atom. The van der Waals surface area contributed by atoms with Crippen molar-refractivity contribution in [3.8, 4) is 0 Å². The highest BCUT2D eigenvalue weighted by Crippen LogP contribution is 2.18. The van der Waals surface area contributed by atoms with Gasteiger partial charge < -0.3 is 15.2 Å². The zero-order valence-electron chi connectivity index (χ0n) is 16.6. The number of rotatable bonds is 8. The van der Waals surface area contributed by atoms with Crippen molar-refractivity contribution in [2.45, 2.75) is 33.2 Å². The van der Waals surface area contributed by atoms with Gasteiger partial charge in [0, 0.05) is 24.6 Å². The van der Waals surface area contributed by atoms with E-state index in [-0.39, 0.29) is 24.3 Å². The van der Waals surface area contributed by atoms with Crippen molar-refractivity contribution in [3.05, 3.63) is 60.2 Å². The van der Waals surface area contributed by atoms with Crippen LogP contribution >= 0.6 is 0 Å². The van der Waals surface area contributed by atoms with E-state index in [1.165, 1.54) is 12.1 Å². The van der Waals surface area contributed by atoms with Gasteiger partial charge in [-0.05, 0) is 36.8 Å². The molecule has 6 nitrogen and oxygen atoms in total. The minimum absolute atomic E-state index is 0.0213. The molecule has 2 N–H and O–H groups in total. The number of para-hydroxylation sites is 2. The van der Waals surface area contributed by atoms with Crippen molar-refractivity contribution in [1.82, 2.24) is 14.9 Å². The molecule has 0 atom stereocenters. The van der Waals surface area contributed by atoms with Gasteiger partial charge in [0.15, 0.2) is 0 Å². The topological polar surface area (TPSA) is 76.0 Å². The summed E-state index contributed by atoms with van der Waals surface area (Å²) in [7, 11) is 0. The molecule has 3 aromatic rings. The number of nitrogens with one attached hydrogen (secondary N) is 2. The van der Waals surface area contributed by atoms with Crippen LogP contribution in [0.2, 0.25) is 0 Å². The highest BCUT2D eigenvalue weighted by molar-refractivity contribution is 5.91. The molecule has 1 heterocycles. The Kier molecular flexibility index (Phi) is 6.59. The number of imidazole rings is 1. The van der Waals surface area contributed by atoms with Gasteiger partial charge in [0.1, 0.15) is 18.2 Å². The maximum Gasteiger partial charge on any atom is 0.244 e. The van der Waals surface area contributed by atoms with Crippen LogP contribution in [0.25, 0.3) is 11.0 Å². The Labute approximate surface area is 169 Å². The molecule has 0 aliphatic carbocycles. The number of fused-ring (bicyclic) bond motifs is 1. The minimum Gasteiger partial charge on any atom is -0.356 e. The normalized spacial score (nSPS) is 11.0. The summed E-state index contributed by atoms with van der Waals surface area (Å²) >= 11 is 0. The van der Waals surface area contributed by atoms with E-state index in [2.05, 4.69) is 15.6 Å². The van der Waals surface area contributed by atoms with Crippen LogP contribution in [0.15, 0.2) is 48.5 Å². The Balaban J connectivity index is 1.71. The molecular weight excluding hydrogens is 371 g/mol. The molecule has 0 saturated heterocycles. The van der Waals surface area contributed by atoms with Crippen LogP contribution in [0.5, 0.6) is 0 Å². The number of nitrogens with zero attached hydrogens (tertiary/aromatic N) is 2. The summed E-state index contributed by atoms with van der Waals surface area (Å²) in [5.74, 6) is 0.0894. The second-order valence-electron chi connectivity index (χ2n) is 7.21. The van der Waals surface area contributed by atoms with E-state index >= 15 is 0 Å². The molecular formula is C22H25FN4O2. The maximum absolute atomic E-state index is 13.4. The monoisotopic (exact) mass is 396 g/mol. The summed E-state index contributed by atoms with van der Waals surface area (Å²) in [6.07, 6.45) is 1.34. The second-order valence-corrected chi connectivity index (χ2v) is 7.21. The van der Waals surface area contributed by atoms with E-state index in [1.807, 2.05) is 42.7 Å². The molecule has 0 aliphatic heterocycles. The van der Waals surface area contributed by atoms with E-state index in [0.29, 0.717) is 25.1 Å². The first kappa shape index (κ1) is 20.5. The molecule has 0 bridgehead atoms. The highest BCUT2D eigenvalue weighted by atomic mass is 19.1. The smallest absolute Gasteiger partial charge is 0.244 e. The lowest BCUT2D eigenvalue weighted by Gasteiger charge is -2.11. The van der Waals surface area contributed by atoms with Crippen LogP contribution in [0.3, 0.4) is 0 Å². The summed E-state index contributed by atoms with van der Waals surface area (Å²) in [6.45, 7) is 4.33. The number of aryl methyl sites for hydroxylation is 1. The van der Waals surface area contributed by atoms with Crippen LogP contribution in [0, 0.1) is 11.7 Å². The van der Waals surface area contributed by atoms with Crippen molar-refractivity contribution in [1.29, 1.82) is 0 Å². The van der Waals surface area contributed by atoms with Gasteiger partial charge in [-0.2, -0.15) is 0 Å². The number of hydrogen-bond acceptors (Lipinski definition) is 3. The molecule has 2 aromatic carbocycles. The average Bonchev–Trinajstić information content (AvgIpc) is 3.02. The van der Waals surface area contributed by atoms with Crippen LogP contribution in [0.1, 0.15) is 26.1 Å². The Bertz CT molecular complexity index is 1010. The standard InChI is InChI=1S/C22H25FN4O2/c1-15(2)22(29)24-12-6-11-20-26-18-9-3-4-10-19(18)27(20)14-21(28)25-17-8-5-7-16(23)13-17/h3-5,7-10,13,15H,6,11-12,14H2,1-2H3,(H,24,29)(H,25,28). The quantitative estimate of drug-likeness (QED) is 0.572. The van der Waals surface area contributed by atoms with Crippen molar-refractivity contribution < 1.29 is 14.0 Å². The lowest BCUT2D eigenvalue weighted by atomic mass is 10.2. The van der Waals surface area contributed by atoms with Crippen molar-refractivity contribution in [3.63, 3.8) is 0 Å². The van der Waals surface area contributed by atoms with Gasteiger partial charge in [0.2, 0.25) is 11.8 Å². The maximum atomic E-state index is 13.4. The minimum atomic E-state index is -0.403. The third kappa shape index (κ3) is 5.40. The molecule has 0 fully saturated rings. The number of amides is 2. The number of carbonyl (C=O) groups excluding carboxylic acids is 2. The van der Waals surface area contributed by atoms with Gasteiger partial charge in [-0.1, -0.05) is 32.0 Å². The highest BCUT2D eigenvalue weighted by Gasteiger charge is 2.14. The largest absolute Gasteiger partial charge is 0.356 e. The number of hydrogen-bond donors (Lipinski definition) is 2. The predicted octanol–water partition coefficient (Wildman–Crippen LogP) is 3.52. The van der Waals surface area contributed by atoms with Crippen LogP contribution in [-0.2, 0) is 22.6 Å². The molecule has 29 heavy (non-hydrogen) atoms. The van der Waals surface area contributed by atoms with E-state index in [0.717, 1.165) is 16.9 Å². The number of halogens is 1. The Morgan fingerprint density at radius 3 is 2.69 bits per heavy atom. The number of carbonyl (C=O) groups is 2. The number of aromatic nitrogens is 2. The first-order chi connectivity index (χ1) is 13.9. The van der Waals surface area contributed by atoms with Crippen LogP contribution in [-0.4, -0.2) is 27.9 Å². The Morgan fingerprint density at radius 2 is 1.93 bits per heavy atom. The first-order valence-corrected chi connectivity index (χ1v) is 9.71. The summed E-state index contributed by atoms with van der Waals surface area (Å²) < 4.78 is 15.2. The molecule has 0 saturated carbocycles. The van der Waals surface area contributed by atoms with Gasteiger partial charge in [-0.15, -0.1) is 0 Å². The Hall–Kier alpha value is -3.22. The zero-order valence-corrected chi connectivity index (χ0v) is 16.6. The van der Waals surface area contributed by atoms with Crippen molar-refractivity contribution in [2.75, 3.05) is 11.9 Å². The molecule has 0 unspecified atom stereocenters. The van der Waals surface area contributed by atoms with Crippen LogP contribution in [0.4, 0.5) is 10.1 Å². The summed E-state index contributed by atoms with van der Waals surface area (Å²) in [5.41, 5.74) is 2.09. The zero-order chi connectivity index (χ0) is 20.8. The molecule has 2 amide bonds. The summed E-state index contributed by atoms with van der Waals surface area (Å²) in [6, 6.07) is 13.4. The van der Waals surface area contributed by atoms with Crippen molar-refractivity contribution >= 4 is 28.5 Å². The lowest BCUT2D eigenvalue weighted by molar-refractivity contribution is -0.124. The predicted molar refractivity (Wildman–Crippen MR) is 111 cm³/mol. The summed E-state index contributed by atoms with van der Waals surface area (Å²) in [5, 5.41) is 5.62. The molecule has 0 radical (unpaired) electrons. The number of benzene rings is 2. The molecule has 7 heteroatoms. The third-order valence-corrected chi connectivity index (χ3v) is 4.54. The molecule has 152 valence electrons. The molecule has 1 aromatic heterocycles. The van der Waals surface area contributed by atoms with Gasteiger partial charge in [-0.25, -0.2) is 9.37 Å². The fraction of sp³-hybridized carbons (Fsp3) is 0.318. The van der Waals surface area contributed by atoms with Gasteiger partial charge in [-0.3, -0.25) is 9.59 Å². The van der Waals surface area contributed by atoms with E-state index in [4.69, 9.17) is 0 Å². The van der Waals surface area contributed by atoms with E-state index in [1.54, 1.807) is 12.1 Å². The average molecular weight is 396 g/mol. The van der Waals surface area contributed by atoms with E-state index < -0.39 is 5.82 Å². The van der Waals surface area contributed by atoms with Crippen LogP contribution < -0.4 is 10.6 Å². The SMILES string of the molecule is CC(C)C(=O)NCCCc1nc2ccccc2n1CC(=O)Nc1cccc(F)c1. The fourth-order valence-electron chi connectivity index (χ4n) is 3.07. The second kappa shape index (κ2) is 9.32. The lowest BCUT2D eigenvalue weighted by Crippen LogP contribution is -2.29.